The number of aryl methyl sites for hydroxylation is 1. The Morgan fingerprint density at radius 2 is 2.15 bits per heavy atom. The van der Waals surface area contributed by atoms with Crippen molar-refractivity contribution in [1.82, 2.24) is 4.90 Å². The largest absolute Gasteiger partial charge is 0.480 e. The van der Waals surface area contributed by atoms with E-state index in [0.717, 1.165) is 14.9 Å². The summed E-state index contributed by atoms with van der Waals surface area (Å²) in [5, 5.41) is 21.3. The highest BCUT2D eigenvalue weighted by Crippen LogP contribution is 2.27. The fourth-order valence-electron chi connectivity index (χ4n) is 2.20. The predicted octanol–water partition coefficient (Wildman–Crippen LogP) is 1.81. The molecule has 1 aliphatic heterocycles. The first-order chi connectivity index (χ1) is 9.40. The molecule has 2 unspecified atom stereocenters. The maximum atomic E-state index is 12.2. The van der Waals surface area contributed by atoms with Crippen molar-refractivity contribution in [3.8, 4) is 0 Å². The van der Waals surface area contributed by atoms with Crippen molar-refractivity contribution >= 4 is 33.6 Å². The highest BCUT2D eigenvalue weighted by atomic mass is 79.9. The van der Waals surface area contributed by atoms with E-state index in [0.29, 0.717) is 5.69 Å². The molecule has 20 heavy (non-hydrogen) atoms. The molecule has 0 spiro atoms. The number of halogens is 1. The molecule has 0 bridgehead atoms. The van der Waals surface area contributed by atoms with Gasteiger partial charge in [0.05, 0.1) is 11.8 Å². The second-order valence-corrected chi connectivity index (χ2v) is 5.56. The molecule has 1 saturated heterocycles. The van der Waals surface area contributed by atoms with Crippen molar-refractivity contribution in [3.63, 3.8) is 0 Å². The quantitative estimate of drug-likeness (QED) is 0.764. The van der Waals surface area contributed by atoms with Gasteiger partial charge in [0.15, 0.2) is 0 Å². The summed E-state index contributed by atoms with van der Waals surface area (Å²) in [6.45, 7) is 1.91. The summed E-state index contributed by atoms with van der Waals surface area (Å²) in [6, 6.07) is 3.88. The fraction of sp³-hybridized carbons (Fsp3) is 0.385. The molecule has 3 N–H and O–H groups in total. The van der Waals surface area contributed by atoms with Crippen LogP contribution in [0.3, 0.4) is 0 Å². The van der Waals surface area contributed by atoms with Gasteiger partial charge in [-0.1, -0.05) is 12.1 Å². The van der Waals surface area contributed by atoms with Gasteiger partial charge in [0.25, 0.3) is 0 Å². The molecule has 1 aromatic carbocycles. The Morgan fingerprint density at radius 1 is 1.45 bits per heavy atom. The van der Waals surface area contributed by atoms with Crippen LogP contribution in [-0.4, -0.2) is 45.8 Å². The van der Waals surface area contributed by atoms with E-state index in [1.807, 2.05) is 13.0 Å². The van der Waals surface area contributed by atoms with Gasteiger partial charge in [-0.15, -0.1) is 0 Å². The summed E-state index contributed by atoms with van der Waals surface area (Å²) >= 11 is 3.37. The summed E-state index contributed by atoms with van der Waals surface area (Å²) in [5.74, 6) is -1.11. The van der Waals surface area contributed by atoms with Gasteiger partial charge in [-0.05, 0) is 34.5 Å². The van der Waals surface area contributed by atoms with Crippen molar-refractivity contribution in [1.29, 1.82) is 0 Å². The summed E-state index contributed by atoms with van der Waals surface area (Å²) in [6.07, 6.45) is -0.750. The van der Waals surface area contributed by atoms with Crippen LogP contribution in [0.5, 0.6) is 0 Å². The molecule has 0 aliphatic carbocycles. The first kappa shape index (κ1) is 14.8. The van der Waals surface area contributed by atoms with Gasteiger partial charge < -0.3 is 20.4 Å². The molecule has 0 radical (unpaired) electrons. The molecule has 0 aromatic heterocycles. The van der Waals surface area contributed by atoms with Crippen LogP contribution in [0.1, 0.15) is 12.0 Å². The van der Waals surface area contributed by atoms with Crippen LogP contribution in [-0.2, 0) is 4.79 Å². The lowest BCUT2D eigenvalue weighted by Gasteiger charge is -2.22. The van der Waals surface area contributed by atoms with Gasteiger partial charge in [0, 0.05) is 17.4 Å². The van der Waals surface area contributed by atoms with Crippen LogP contribution in [0.15, 0.2) is 22.7 Å². The molecular weight excluding hydrogens is 328 g/mol. The summed E-state index contributed by atoms with van der Waals surface area (Å²) in [5.41, 5.74) is 1.53. The second kappa shape index (κ2) is 5.80. The molecule has 1 heterocycles. The van der Waals surface area contributed by atoms with Gasteiger partial charge in [-0.2, -0.15) is 0 Å². The van der Waals surface area contributed by atoms with Gasteiger partial charge in [-0.25, -0.2) is 9.59 Å². The number of aliphatic hydroxyl groups is 1. The van der Waals surface area contributed by atoms with Crippen molar-refractivity contribution < 1.29 is 19.8 Å². The number of anilines is 1. The lowest BCUT2D eigenvalue weighted by molar-refractivity contribution is -0.141. The predicted molar refractivity (Wildman–Crippen MR) is 76.7 cm³/mol. The highest BCUT2D eigenvalue weighted by Gasteiger charge is 2.39. The number of aliphatic hydroxyl groups excluding tert-OH is 1. The minimum atomic E-state index is -1.11. The van der Waals surface area contributed by atoms with Crippen molar-refractivity contribution in [3.05, 3.63) is 28.2 Å². The van der Waals surface area contributed by atoms with Crippen LogP contribution in [0, 0.1) is 6.92 Å². The Balaban J connectivity index is 2.15. The molecular formula is C13H15BrN2O4. The van der Waals surface area contributed by atoms with E-state index >= 15 is 0 Å². The number of benzene rings is 1. The van der Waals surface area contributed by atoms with Gasteiger partial charge in [-0.3, -0.25) is 0 Å². The molecule has 1 aliphatic rings. The zero-order valence-electron chi connectivity index (χ0n) is 10.8. The molecule has 0 saturated carbocycles. The number of likely N-dealkylation sites (tertiary alicyclic amines) is 1. The number of carbonyl (C=O) groups excluding carboxylic acids is 1. The van der Waals surface area contributed by atoms with Crippen molar-refractivity contribution in [2.24, 2.45) is 0 Å². The lowest BCUT2D eigenvalue weighted by Crippen LogP contribution is -2.43. The number of carbonyl (C=O) groups is 2. The van der Waals surface area contributed by atoms with E-state index in [9.17, 15) is 14.7 Å². The zero-order valence-corrected chi connectivity index (χ0v) is 12.4. The van der Waals surface area contributed by atoms with E-state index in [1.165, 1.54) is 0 Å². The average molecular weight is 343 g/mol. The van der Waals surface area contributed by atoms with E-state index in [2.05, 4.69) is 21.2 Å². The SMILES string of the molecule is Cc1cccc(NC(=O)N2CC(O)CC2C(=O)O)c1Br. The maximum Gasteiger partial charge on any atom is 0.326 e. The molecule has 1 fully saturated rings. The minimum Gasteiger partial charge on any atom is -0.480 e. The monoisotopic (exact) mass is 342 g/mol. The molecule has 2 rings (SSSR count). The standard InChI is InChI=1S/C13H15BrN2O4/c1-7-3-2-4-9(11(7)14)15-13(20)16-6-8(17)5-10(16)12(18)19/h2-4,8,10,17H,5-6H2,1H3,(H,15,20)(H,18,19). The number of urea groups is 1. The van der Waals surface area contributed by atoms with Crippen LogP contribution < -0.4 is 5.32 Å². The van der Waals surface area contributed by atoms with E-state index in [-0.39, 0.29) is 13.0 Å². The third kappa shape index (κ3) is 2.94. The maximum absolute atomic E-state index is 12.2. The second-order valence-electron chi connectivity index (χ2n) is 4.76. The number of nitrogens with zero attached hydrogens (tertiary/aromatic N) is 1. The fourth-order valence-corrected chi connectivity index (χ4v) is 2.57. The third-order valence-corrected chi connectivity index (χ3v) is 4.31. The zero-order chi connectivity index (χ0) is 14.9. The third-order valence-electron chi connectivity index (χ3n) is 3.26. The Labute approximate surface area is 124 Å². The van der Waals surface area contributed by atoms with E-state index in [4.69, 9.17) is 5.11 Å². The normalized spacial score (nSPS) is 21.9. The Bertz CT molecular complexity index is 549. The average Bonchev–Trinajstić information content (AvgIpc) is 2.77. The smallest absolute Gasteiger partial charge is 0.326 e. The molecule has 7 heteroatoms. The first-order valence-corrected chi connectivity index (χ1v) is 6.93. The van der Waals surface area contributed by atoms with Crippen LogP contribution in [0.25, 0.3) is 0 Å². The number of β-amino-alcohol motifs (C(OH)–C–C–N with tert-alkyl or cyclic N) is 1. The number of nitrogens with one attached hydrogen (secondary N) is 1. The molecule has 1 aromatic rings. The Morgan fingerprint density at radius 3 is 2.80 bits per heavy atom. The Kier molecular flexibility index (Phi) is 4.29. The molecule has 108 valence electrons. The van der Waals surface area contributed by atoms with Crippen LogP contribution >= 0.6 is 15.9 Å². The molecule has 6 nitrogen and oxygen atoms in total. The molecule has 2 atom stereocenters. The van der Waals surface area contributed by atoms with Gasteiger partial charge >= 0.3 is 12.0 Å². The highest BCUT2D eigenvalue weighted by molar-refractivity contribution is 9.10. The number of amides is 2. The summed E-state index contributed by atoms with van der Waals surface area (Å²) in [7, 11) is 0. The number of hydrogen-bond acceptors (Lipinski definition) is 3. The summed E-state index contributed by atoms with van der Waals surface area (Å²) < 4.78 is 0.750. The van der Waals surface area contributed by atoms with Gasteiger partial charge in [0.2, 0.25) is 0 Å². The molecule has 2 amide bonds. The van der Waals surface area contributed by atoms with Crippen molar-refractivity contribution in [2.45, 2.75) is 25.5 Å². The minimum absolute atomic E-state index is 0.0201. The van der Waals surface area contributed by atoms with E-state index in [1.54, 1.807) is 12.1 Å². The number of carboxylic acid groups (broad SMARTS) is 1. The number of hydrogen-bond donors (Lipinski definition) is 3. The van der Waals surface area contributed by atoms with E-state index < -0.39 is 24.1 Å². The Hall–Kier alpha value is -1.60. The van der Waals surface area contributed by atoms with Crippen LogP contribution in [0.4, 0.5) is 10.5 Å². The van der Waals surface area contributed by atoms with Gasteiger partial charge in [0.1, 0.15) is 6.04 Å². The number of aliphatic carboxylic acids is 1. The van der Waals surface area contributed by atoms with Crippen LogP contribution in [0.2, 0.25) is 0 Å². The topological polar surface area (TPSA) is 89.9 Å². The van der Waals surface area contributed by atoms with Crippen molar-refractivity contribution in [2.75, 3.05) is 11.9 Å². The number of rotatable bonds is 2. The lowest BCUT2D eigenvalue weighted by atomic mass is 10.2. The summed E-state index contributed by atoms with van der Waals surface area (Å²) in [4.78, 5) is 24.4. The number of carboxylic acids is 1. The first-order valence-electron chi connectivity index (χ1n) is 6.13.